The number of benzene rings is 2. The largest absolute Gasteiger partial charge is 0.434 e. The molecule has 0 atom stereocenters. The predicted molar refractivity (Wildman–Crippen MR) is 80.6 cm³/mol. The highest BCUT2D eigenvalue weighted by Gasteiger charge is 2.16. The van der Waals surface area contributed by atoms with Crippen LogP contribution in [0.25, 0.3) is 11.5 Å². The van der Waals surface area contributed by atoms with Gasteiger partial charge in [0.05, 0.1) is 12.0 Å². The number of halogens is 3. The maximum atomic E-state index is 12.4. The summed E-state index contributed by atoms with van der Waals surface area (Å²) in [7, 11) is 0. The van der Waals surface area contributed by atoms with Crippen LogP contribution in [-0.4, -0.2) is 16.8 Å². The SMILES string of the molecule is FC(F)Oc1ccccc1-c1nnc(Cc2cccc(Cl)c2)o1. The van der Waals surface area contributed by atoms with Crippen molar-refractivity contribution in [3.8, 4) is 17.2 Å². The second-order valence-corrected chi connectivity index (χ2v) is 5.12. The van der Waals surface area contributed by atoms with Gasteiger partial charge in [-0.1, -0.05) is 35.9 Å². The van der Waals surface area contributed by atoms with Gasteiger partial charge >= 0.3 is 6.61 Å². The van der Waals surface area contributed by atoms with Crippen molar-refractivity contribution in [3.05, 3.63) is 65.0 Å². The highest BCUT2D eigenvalue weighted by molar-refractivity contribution is 6.30. The monoisotopic (exact) mass is 336 g/mol. The molecular formula is C16H11ClF2N2O2. The molecule has 0 amide bonds. The molecule has 0 aliphatic heterocycles. The topological polar surface area (TPSA) is 48.2 Å². The lowest BCUT2D eigenvalue weighted by atomic mass is 10.1. The van der Waals surface area contributed by atoms with Crippen LogP contribution in [-0.2, 0) is 6.42 Å². The highest BCUT2D eigenvalue weighted by Crippen LogP contribution is 2.30. The molecule has 118 valence electrons. The van der Waals surface area contributed by atoms with E-state index < -0.39 is 6.61 Å². The Hall–Kier alpha value is -2.47. The van der Waals surface area contributed by atoms with Gasteiger partial charge in [-0.2, -0.15) is 8.78 Å². The Balaban J connectivity index is 1.85. The van der Waals surface area contributed by atoms with E-state index in [0.29, 0.717) is 22.9 Å². The summed E-state index contributed by atoms with van der Waals surface area (Å²) in [6.07, 6.45) is 0.394. The highest BCUT2D eigenvalue weighted by atomic mass is 35.5. The summed E-state index contributed by atoms with van der Waals surface area (Å²) in [4.78, 5) is 0. The number of hydrogen-bond acceptors (Lipinski definition) is 4. The molecule has 0 saturated heterocycles. The van der Waals surface area contributed by atoms with Crippen molar-refractivity contribution in [1.82, 2.24) is 10.2 Å². The van der Waals surface area contributed by atoms with E-state index in [-0.39, 0.29) is 11.6 Å². The molecule has 0 aliphatic rings. The quantitative estimate of drug-likeness (QED) is 0.684. The molecule has 4 nitrogen and oxygen atoms in total. The Morgan fingerprint density at radius 3 is 2.70 bits per heavy atom. The minimum Gasteiger partial charge on any atom is -0.434 e. The maximum Gasteiger partial charge on any atom is 0.387 e. The van der Waals surface area contributed by atoms with E-state index in [0.717, 1.165) is 5.56 Å². The van der Waals surface area contributed by atoms with E-state index in [1.165, 1.54) is 6.07 Å². The molecule has 0 radical (unpaired) electrons. The van der Waals surface area contributed by atoms with Gasteiger partial charge in [-0.25, -0.2) is 0 Å². The summed E-state index contributed by atoms with van der Waals surface area (Å²) in [6, 6.07) is 13.5. The van der Waals surface area contributed by atoms with Crippen LogP contribution in [0.4, 0.5) is 8.78 Å². The molecule has 3 rings (SSSR count). The summed E-state index contributed by atoms with van der Waals surface area (Å²) < 4.78 is 34.9. The van der Waals surface area contributed by atoms with E-state index in [9.17, 15) is 8.78 Å². The third kappa shape index (κ3) is 3.84. The van der Waals surface area contributed by atoms with Crippen LogP contribution in [0.2, 0.25) is 5.02 Å². The number of rotatable bonds is 5. The van der Waals surface area contributed by atoms with Gasteiger partial charge in [0.1, 0.15) is 5.75 Å². The van der Waals surface area contributed by atoms with Crippen molar-refractivity contribution in [2.24, 2.45) is 0 Å². The minimum absolute atomic E-state index is 0.0135. The molecule has 23 heavy (non-hydrogen) atoms. The van der Waals surface area contributed by atoms with Crippen LogP contribution in [0.5, 0.6) is 5.75 Å². The van der Waals surface area contributed by atoms with Gasteiger partial charge in [0.25, 0.3) is 5.89 Å². The van der Waals surface area contributed by atoms with E-state index in [1.807, 2.05) is 12.1 Å². The van der Waals surface area contributed by atoms with Gasteiger partial charge in [-0.05, 0) is 29.8 Å². The van der Waals surface area contributed by atoms with Gasteiger partial charge in [-0.3, -0.25) is 0 Å². The van der Waals surface area contributed by atoms with Gasteiger partial charge in [0.15, 0.2) is 0 Å². The summed E-state index contributed by atoms with van der Waals surface area (Å²) >= 11 is 5.93. The normalized spacial score (nSPS) is 11.0. The van der Waals surface area contributed by atoms with Gasteiger partial charge in [-0.15, -0.1) is 10.2 Å². The fraction of sp³-hybridized carbons (Fsp3) is 0.125. The fourth-order valence-corrected chi connectivity index (χ4v) is 2.31. The van der Waals surface area contributed by atoms with E-state index in [1.54, 1.807) is 30.3 Å². The van der Waals surface area contributed by atoms with Gasteiger partial charge < -0.3 is 9.15 Å². The molecule has 7 heteroatoms. The Labute approximate surface area is 135 Å². The zero-order valence-electron chi connectivity index (χ0n) is 11.7. The molecule has 0 aliphatic carbocycles. The number of alkyl halides is 2. The first-order chi connectivity index (χ1) is 11.1. The van der Waals surface area contributed by atoms with Gasteiger partial charge in [0.2, 0.25) is 5.89 Å². The summed E-state index contributed by atoms with van der Waals surface area (Å²) in [5.41, 5.74) is 1.22. The van der Waals surface area contributed by atoms with E-state index in [2.05, 4.69) is 14.9 Å². The van der Waals surface area contributed by atoms with Crippen LogP contribution in [0.15, 0.2) is 52.9 Å². The average Bonchev–Trinajstić information content (AvgIpc) is 2.95. The number of ether oxygens (including phenoxy) is 1. The predicted octanol–water partition coefficient (Wildman–Crippen LogP) is 4.58. The lowest BCUT2D eigenvalue weighted by molar-refractivity contribution is -0.0495. The van der Waals surface area contributed by atoms with E-state index in [4.69, 9.17) is 16.0 Å². The molecule has 1 aromatic heterocycles. The molecule has 0 saturated carbocycles. The van der Waals surface area contributed by atoms with Crippen molar-refractivity contribution in [2.75, 3.05) is 0 Å². The summed E-state index contributed by atoms with van der Waals surface area (Å²) in [5, 5.41) is 8.44. The van der Waals surface area contributed by atoms with Crippen LogP contribution in [0, 0.1) is 0 Å². The first-order valence-corrected chi connectivity index (χ1v) is 7.10. The molecule has 0 fully saturated rings. The Morgan fingerprint density at radius 1 is 1.09 bits per heavy atom. The second-order valence-electron chi connectivity index (χ2n) is 4.68. The van der Waals surface area contributed by atoms with Crippen molar-refractivity contribution in [2.45, 2.75) is 13.0 Å². The molecule has 0 unspecified atom stereocenters. The zero-order chi connectivity index (χ0) is 16.2. The Kier molecular flexibility index (Phi) is 4.52. The van der Waals surface area contributed by atoms with Crippen molar-refractivity contribution in [1.29, 1.82) is 0 Å². The van der Waals surface area contributed by atoms with Crippen molar-refractivity contribution < 1.29 is 17.9 Å². The number of hydrogen-bond donors (Lipinski definition) is 0. The third-order valence-corrected chi connectivity index (χ3v) is 3.28. The molecule has 2 aromatic carbocycles. The van der Waals surface area contributed by atoms with Crippen molar-refractivity contribution >= 4 is 11.6 Å². The second kappa shape index (κ2) is 6.75. The minimum atomic E-state index is -2.93. The van der Waals surface area contributed by atoms with Gasteiger partial charge in [0, 0.05) is 5.02 Å². The molecular weight excluding hydrogens is 326 g/mol. The summed E-state index contributed by atoms with van der Waals surface area (Å²) in [6.45, 7) is -2.93. The third-order valence-electron chi connectivity index (χ3n) is 3.04. The Bertz CT molecular complexity index is 808. The van der Waals surface area contributed by atoms with Crippen molar-refractivity contribution in [3.63, 3.8) is 0 Å². The van der Waals surface area contributed by atoms with Crippen LogP contribution >= 0.6 is 11.6 Å². The first kappa shape index (κ1) is 15.4. The number of aromatic nitrogens is 2. The average molecular weight is 337 g/mol. The lowest BCUT2D eigenvalue weighted by Gasteiger charge is -2.07. The summed E-state index contributed by atoms with van der Waals surface area (Å²) in [5.74, 6) is 0.466. The van der Waals surface area contributed by atoms with Crippen LogP contribution in [0.3, 0.4) is 0 Å². The Morgan fingerprint density at radius 2 is 1.91 bits per heavy atom. The smallest absolute Gasteiger partial charge is 0.387 e. The van der Waals surface area contributed by atoms with Crippen LogP contribution in [0.1, 0.15) is 11.5 Å². The lowest BCUT2D eigenvalue weighted by Crippen LogP contribution is -2.03. The van der Waals surface area contributed by atoms with Crippen LogP contribution < -0.4 is 4.74 Å². The standard InChI is InChI=1S/C16H11ClF2N2O2/c17-11-5-3-4-10(8-11)9-14-20-21-15(23-14)12-6-1-2-7-13(12)22-16(18)19/h1-8,16H,9H2. The first-order valence-electron chi connectivity index (χ1n) is 6.73. The molecule has 0 bridgehead atoms. The molecule has 0 N–H and O–H groups in total. The number of para-hydroxylation sites is 1. The molecule has 3 aromatic rings. The molecule has 0 spiro atoms. The fourth-order valence-electron chi connectivity index (χ4n) is 2.10. The zero-order valence-corrected chi connectivity index (χ0v) is 12.5. The number of nitrogens with zero attached hydrogens (tertiary/aromatic N) is 2. The maximum absolute atomic E-state index is 12.4. The molecule has 1 heterocycles. The van der Waals surface area contributed by atoms with E-state index >= 15 is 0 Å².